The second-order valence-corrected chi connectivity index (χ2v) is 2.27. The highest BCUT2D eigenvalue weighted by molar-refractivity contribution is 5.28. The number of rotatable bonds is 0. The minimum absolute atomic E-state index is 0.175. The molecule has 0 spiro atoms. The van der Waals surface area contributed by atoms with Gasteiger partial charge in [0.15, 0.2) is 0 Å². The van der Waals surface area contributed by atoms with Crippen molar-refractivity contribution in [2.24, 2.45) is 0 Å². The molecule has 0 nitrogen and oxygen atoms in total. The lowest BCUT2D eigenvalue weighted by molar-refractivity contribution is -0.0887. The van der Waals surface area contributed by atoms with Crippen LogP contribution in [0.2, 0.25) is 0 Å². The quantitative estimate of drug-likeness (QED) is 0.485. The fourth-order valence-electron chi connectivity index (χ4n) is 0.804. The molecule has 4 heteroatoms. The molecule has 1 rings (SSSR count). The summed E-state index contributed by atoms with van der Waals surface area (Å²) < 4.78 is 47.7. The molecule has 0 fully saturated rings. The molecule has 0 aromatic carbocycles. The summed E-state index contributed by atoms with van der Waals surface area (Å²) in [5.74, 6) is 0. The number of hydrogen-bond acceptors (Lipinski definition) is 0. The average Bonchev–Trinajstić information content (AvgIpc) is 1.86. The Hall–Kier alpha value is -0.800. The first-order valence-corrected chi connectivity index (χ1v) is 3.10. The Morgan fingerprint density at radius 1 is 1.36 bits per heavy atom. The highest BCUT2D eigenvalue weighted by Crippen LogP contribution is 2.29. The van der Waals surface area contributed by atoms with Gasteiger partial charge in [-0.3, -0.25) is 0 Å². The van der Waals surface area contributed by atoms with Gasteiger partial charge in [-0.05, 0) is 6.08 Å². The maximum Gasteiger partial charge on any atom is 0.416 e. The van der Waals surface area contributed by atoms with Crippen molar-refractivity contribution in [2.75, 3.05) is 0 Å². The van der Waals surface area contributed by atoms with Gasteiger partial charge in [0.1, 0.15) is 6.17 Å². The van der Waals surface area contributed by atoms with Gasteiger partial charge in [-0.1, -0.05) is 12.2 Å². The molecule has 11 heavy (non-hydrogen) atoms. The van der Waals surface area contributed by atoms with Crippen LogP contribution in [-0.2, 0) is 0 Å². The van der Waals surface area contributed by atoms with Crippen LogP contribution in [0.1, 0.15) is 6.42 Å². The molecule has 0 bridgehead atoms. The first kappa shape index (κ1) is 8.30. The van der Waals surface area contributed by atoms with Crippen LogP contribution < -0.4 is 0 Å². The van der Waals surface area contributed by atoms with Crippen LogP contribution in [-0.4, -0.2) is 12.3 Å². The summed E-state index contributed by atoms with van der Waals surface area (Å²) in [6, 6.07) is 0. The molecule has 0 aromatic heterocycles. The minimum atomic E-state index is -4.34. The first-order valence-electron chi connectivity index (χ1n) is 3.10. The Kier molecular flexibility index (Phi) is 2.02. The number of halogens is 4. The zero-order chi connectivity index (χ0) is 8.48. The van der Waals surface area contributed by atoms with Crippen molar-refractivity contribution in [1.29, 1.82) is 0 Å². The summed E-state index contributed by atoms with van der Waals surface area (Å²) in [5.41, 5.74) is -0.758. The van der Waals surface area contributed by atoms with Gasteiger partial charge >= 0.3 is 6.18 Å². The van der Waals surface area contributed by atoms with E-state index in [1.807, 2.05) is 0 Å². The Morgan fingerprint density at radius 3 is 2.36 bits per heavy atom. The summed E-state index contributed by atoms with van der Waals surface area (Å²) in [7, 11) is 0. The van der Waals surface area contributed by atoms with Crippen molar-refractivity contribution >= 4 is 0 Å². The lowest BCUT2D eigenvalue weighted by Gasteiger charge is -2.11. The van der Waals surface area contributed by atoms with Gasteiger partial charge in [-0.2, -0.15) is 13.2 Å². The van der Waals surface area contributed by atoms with E-state index in [0.29, 0.717) is 0 Å². The summed E-state index contributed by atoms with van der Waals surface area (Å²) in [5, 5.41) is 0. The Morgan fingerprint density at radius 2 is 2.00 bits per heavy atom. The first-order chi connectivity index (χ1) is 5.00. The van der Waals surface area contributed by atoms with Crippen LogP contribution in [0.15, 0.2) is 23.8 Å². The lowest BCUT2D eigenvalue weighted by atomic mass is 10.1. The second-order valence-electron chi connectivity index (χ2n) is 2.27. The maximum absolute atomic E-state index is 12.2. The van der Waals surface area contributed by atoms with Crippen LogP contribution in [0.3, 0.4) is 0 Å². The number of hydrogen-bond donors (Lipinski definition) is 0. The predicted octanol–water partition coefficient (Wildman–Crippen LogP) is 2.77. The van der Waals surface area contributed by atoms with Crippen molar-refractivity contribution < 1.29 is 17.6 Å². The summed E-state index contributed by atoms with van der Waals surface area (Å²) in [4.78, 5) is 0. The third-order valence-electron chi connectivity index (χ3n) is 1.37. The van der Waals surface area contributed by atoms with Gasteiger partial charge < -0.3 is 0 Å². The Labute approximate surface area is 61.2 Å². The average molecular weight is 166 g/mol. The molecule has 0 saturated heterocycles. The van der Waals surface area contributed by atoms with E-state index in [1.165, 1.54) is 0 Å². The normalized spacial score (nSPS) is 25.1. The van der Waals surface area contributed by atoms with E-state index in [-0.39, 0.29) is 6.42 Å². The molecule has 1 atom stereocenters. The fourth-order valence-corrected chi connectivity index (χ4v) is 0.804. The van der Waals surface area contributed by atoms with Crippen molar-refractivity contribution in [1.82, 2.24) is 0 Å². The molecule has 62 valence electrons. The number of alkyl halides is 4. The van der Waals surface area contributed by atoms with Gasteiger partial charge in [0.25, 0.3) is 0 Å². The van der Waals surface area contributed by atoms with Gasteiger partial charge in [0, 0.05) is 6.42 Å². The van der Waals surface area contributed by atoms with Crippen molar-refractivity contribution in [2.45, 2.75) is 18.8 Å². The van der Waals surface area contributed by atoms with Gasteiger partial charge in [-0.25, -0.2) is 4.39 Å². The maximum atomic E-state index is 12.2. The lowest BCUT2D eigenvalue weighted by Crippen LogP contribution is -2.13. The molecule has 0 saturated carbocycles. The molecular weight excluding hydrogens is 160 g/mol. The van der Waals surface area contributed by atoms with Gasteiger partial charge in [-0.15, -0.1) is 0 Å². The van der Waals surface area contributed by atoms with Crippen molar-refractivity contribution in [3.05, 3.63) is 23.8 Å². The topological polar surface area (TPSA) is 0 Å². The van der Waals surface area contributed by atoms with E-state index >= 15 is 0 Å². The molecule has 0 aliphatic heterocycles. The molecule has 1 aliphatic carbocycles. The summed E-state index contributed by atoms with van der Waals surface area (Å²) in [6.07, 6.45) is -3.22. The van der Waals surface area contributed by atoms with Gasteiger partial charge in [0.2, 0.25) is 0 Å². The molecule has 0 N–H and O–H groups in total. The molecule has 0 heterocycles. The van der Waals surface area contributed by atoms with E-state index in [2.05, 4.69) is 0 Å². The third kappa shape index (κ3) is 2.06. The Balaban J connectivity index is 2.71. The zero-order valence-electron chi connectivity index (χ0n) is 5.53. The van der Waals surface area contributed by atoms with E-state index in [0.717, 1.165) is 18.2 Å². The summed E-state index contributed by atoms with van der Waals surface area (Å²) >= 11 is 0. The molecule has 1 aliphatic rings. The smallest absolute Gasteiger partial charge is 0.243 e. The summed E-state index contributed by atoms with van der Waals surface area (Å²) in [6.45, 7) is 0. The zero-order valence-corrected chi connectivity index (χ0v) is 5.53. The molecular formula is C7H6F4. The van der Waals surface area contributed by atoms with Crippen LogP contribution in [0.5, 0.6) is 0 Å². The standard InChI is InChI=1S/C7H6F4/c8-6-3-1-5(2-4-6)7(9,10)11/h1-3,6H,4H2. The molecule has 0 amide bonds. The largest absolute Gasteiger partial charge is 0.416 e. The SMILES string of the molecule is FC1C=CC(C(F)(F)F)=CC1. The fraction of sp³-hybridized carbons (Fsp3) is 0.429. The van der Waals surface area contributed by atoms with E-state index in [4.69, 9.17) is 0 Å². The van der Waals surface area contributed by atoms with E-state index in [1.54, 1.807) is 0 Å². The predicted molar refractivity (Wildman–Crippen MR) is 32.8 cm³/mol. The van der Waals surface area contributed by atoms with Crippen LogP contribution >= 0.6 is 0 Å². The monoisotopic (exact) mass is 166 g/mol. The minimum Gasteiger partial charge on any atom is -0.243 e. The molecule has 0 aromatic rings. The molecule has 0 radical (unpaired) electrons. The van der Waals surface area contributed by atoms with Crippen LogP contribution in [0.25, 0.3) is 0 Å². The van der Waals surface area contributed by atoms with Gasteiger partial charge in [0.05, 0.1) is 5.57 Å². The van der Waals surface area contributed by atoms with E-state index in [9.17, 15) is 17.6 Å². The highest BCUT2D eigenvalue weighted by Gasteiger charge is 2.32. The van der Waals surface area contributed by atoms with E-state index < -0.39 is 17.9 Å². The van der Waals surface area contributed by atoms with Crippen LogP contribution in [0.4, 0.5) is 17.6 Å². The third-order valence-corrected chi connectivity index (χ3v) is 1.37. The number of allylic oxidation sites excluding steroid dienone is 4. The van der Waals surface area contributed by atoms with Crippen molar-refractivity contribution in [3.63, 3.8) is 0 Å². The van der Waals surface area contributed by atoms with Crippen molar-refractivity contribution in [3.8, 4) is 0 Å². The van der Waals surface area contributed by atoms with Crippen LogP contribution in [0, 0.1) is 0 Å². The highest BCUT2D eigenvalue weighted by atomic mass is 19.4. The molecule has 1 unspecified atom stereocenters. The second kappa shape index (κ2) is 2.68. The Bertz CT molecular complexity index is 199.